The van der Waals surface area contributed by atoms with E-state index in [0.29, 0.717) is 12.6 Å². The van der Waals surface area contributed by atoms with Gasteiger partial charge in [0, 0.05) is 63.3 Å². The number of hydrogen-bond donors (Lipinski definition) is 0. The summed E-state index contributed by atoms with van der Waals surface area (Å²) in [6.45, 7) is 8.31. The number of imidazole rings is 1. The molecule has 5 heterocycles. The first-order chi connectivity index (χ1) is 15.0. The van der Waals surface area contributed by atoms with Crippen LogP contribution in [0.3, 0.4) is 0 Å². The Labute approximate surface area is 187 Å². The summed E-state index contributed by atoms with van der Waals surface area (Å²) in [4.78, 5) is 27.3. The van der Waals surface area contributed by atoms with Crippen LogP contribution in [-0.4, -0.2) is 49.9 Å². The monoisotopic (exact) mass is 435 g/mol. The molecule has 0 bridgehead atoms. The average Bonchev–Trinajstić information content (AvgIpc) is 3.55. The summed E-state index contributed by atoms with van der Waals surface area (Å²) in [5.41, 5.74) is 3.07. The first kappa shape index (κ1) is 20.4. The molecule has 2 aliphatic rings. The van der Waals surface area contributed by atoms with E-state index in [1.165, 1.54) is 5.56 Å². The molecule has 3 aromatic rings. The van der Waals surface area contributed by atoms with Crippen molar-refractivity contribution in [2.24, 2.45) is 5.41 Å². The van der Waals surface area contributed by atoms with E-state index in [9.17, 15) is 4.79 Å². The minimum absolute atomic E-state index is 0.123. The fraction of sp³-hybridized carbons (Fsp3) is 0.458. The van der Waals surface area contributed by atoms with Crippen LogP contribution in [0.5, 0.6) is 0 Å². The molecule has 0 saturated carbocycles. The highest BCUT2D eigenvalue weighted by molar-refractivity contribution is 7.07. The highest BCUT2D eigenvalue weighted by atomic mass is 32.1. The Kier molecular flexibility index (Phi) is 5.40. The van der Waals surface area contributed by atoms with Gasteiger partial charge < -0.3 is 9.47 Å². The maximum Gasteiger partial charge on any atom is 0.231 e. The molecule has 162 valence electrons. The molecule has 2 saturated heterocycles. The lowest BCUT2D eigenvalue weighted by Crippen LogP contribution is -2.39. The molecule has 5 rings (SSSR count). The third-order valence-electron chi connectivity index (χ3n) is 6.81. The lowest BCUT2D eigenvalue weighted by atomic mass is 9.75. The van der Waals surface area contributed by atoms with E-state index in [1.54, 1.807) is 17.5 Å². The normalized spacial score (nSPS) is 24.2. The summed E-state index contributed by atoms with van der Waals surface area (Å²) < 4.78 is 2.15. The van der Waals surface area contributed by atoms with Crippen molar-refractivity contribution in [1.82, 2.24) is 24.3 Å². The van der Waals surface area contributed by atoms with Crippen molar-refractivity contribution in [2.45, 2.75) is 45.3 Å². The van der Waals surface area contributed by atoms with Gasteiger partial charge in [-0.1, -0.05) is 6.07 Å². The Bertz CT molecular complexity index is 1030. The van der Waals surface area contributed by atoms with E-state index in [1.807, 2.05) is 29.6 Å². The molecule has 31 heavy (non-hydrogen) atoms. The Morgan fingerprint density at radius 2 is 2.16 bits per heavy atom. The van der Waals surface area contributed by atoms with Crippen molar-refractivity contribution in [3.05, 3.63) is 70.7 Å². The smallest absolute Gasteiger partial charge is 0.231 e. The molecule has 0 radical (unpaired) electrons. The van der Waals surface area contributed by atoms with E-state index in [4.69, 9.17) is 4.98 Å². The van der Waals surface area contributed by atoms with Gasteiger partial charge in [-0.3, -0.25) is 14.7 Å². The fourth-order valence-corrected chi connectivity index (χ4v) is 5.81. The second-order valence-electron chi connectivity index (χ2n) is 9.19. The molecule has 2 aliphatic heterocycles. The van der Waals surface area contributed by atoms with Gasteiger partial charge in [0.25, 0.3) is 0 Å². The summed E-state index contributed by atoms with van der Waals surface area (Å²) in [6.07, 6.45) is 8.59. The Hall–Kier alpha value is -2.51. The van der Waals surface area contributed by atoms with Crippen molar-refractivity contribution in [3.63, 3.8) is 0 Å². The number of carbonyl (C=O) groups excluding carboxylic acids is 1. The third-order valence-corrected chi connectivity index (χ3v) is 7.54. The molecule has 2 fully saturated rings. The fourth-order valence-electron chi connectivity index (χ4n) is 5.15. The van der Waals surface area contributed by atoms with Crippen molar-refractivity contribution in [3.8, 4) is 0 Å². The zero-order valence-corrected chi connectivity index (χ0v) is 19.0. The maximum atomic E-state index is 13.9. The minimum atomic E-state index is -0.394. The van der Waals surface area contributed by atoms with Gasteiger partial charge in [-0.05, 0) is 54.3 Å². The van der Waals surface area contributed by atoms with Crippen LogP contribution in [0.4, 0.5) is 0 Å². The number of rotatable bonds is 6. The first-order valence-electron chi connectivity index (χ1n) is 11.0. The van der Waals surface area contributed by atoms with Gasteiger partial charge >= 0.3 is 0 Å². The molecule has 3 aromatic heterocycles. The zero-order chi connectivity index (χ0) is 21.4. The van der Waals surface area contributed by atoms with E-state index in [2.05, 4.69) is 51.3 Å². The predicted molar refractivity (Wildman–Crippen MR) is 122 cm³/mol. The quantitative estimate of drug-likeness (QED) is 0.589. The van der Waals surface area contributed by atoms with Gasteiger partial charge in [0.2, 0.25) is 5.91 Å². The molecule has 7 heteroatoms. The molecule has 0 aliphatic carbocycles. The van der Waals surface area contributed by atoms with Gasteiger partial charge in [0.15, 0.2) is 0 Å². The summed E-state index contributed by atoms with van der Waals surface area (Å²) in [7, 11) is 0. The number of thiophene rings is 1. The van der Waals surface area contributed by atoms with E-state index in [-0.39, 0.29) is 11.8 Å². The molecule has 2 unspecified atom stereocenters. The average molecular weight is 436 g/mol. The molecule has 0 aromatic carbocycles. The van der Waals surface area contributed by atoms with Crippen LogP contribution >= 0.6 is 11.3 Å². The number of pyridine rings is 1. The van der Waals surface area contributed by atoms with Crippen LogP contribution < -0.4 is 0 Å². The van der Waals surface area contributed by atoms with Crippen LogP contribution in [-0.2, 0) is 17.9 Å². The molecule has 1 spiro atoms. The number of hydrogen-bond acceptors (Lipinski definition) is 5. The highest BCUT2D eigenvalue weighted by Crippen LogP contribution is 2.50. The lowest BCUT2D eigenvalue weighted by Gasteiger charge is -2.28. The van der Waals surface area contributed by atoms with E-state index >= 15 is 0 Å². The van der Waals surface area contributed by atoms with Gasteiger partial charge in [0.05, 0.1) is 17.4 Å². The highest BCUT2D eigenvalue weighted by Gasteiger charge is 2.57. The Balaban J connectivity index is 1.43. The minimum Gasteiger partial charge on any atom is -0.338 e. The molecular formula is C24H29N5OS. The standard InChI is InChI=1S/C24H29N5OS/c1-18(2)29-14-22(26-17-29)21-13-27(11-20-5-9-31-15-20)16-24(21)6-8-28(23(24)30)12-19-4-3-7-25-10-19/h3-5,7,9-10,14-15,17-18,21H,6,8,11-13,16H2,1-2H3. The molecule has 0 N–H and O–H groups in total. The molecule has 2 atom stereocenters. The molecular weight excluding hydrogens is 406 g/mol. The van der Waals surface area contributed by atoms with Crippen molar-refractivity contribution >= 4 is 17.2 Å². The van der Waals surface area contributed by atoms with Crippen LogP contribution in [0.15, 0.2) is 53.9 Å². The van der Waals surface area contributed by atoms with E-state index < -0.39 is 5.41 Å². The molecule has 6 nitrogen and oxygen atoms in total. The zero-order valence-electron chi connectivity index (χ0n) is 18.1. The molecule has 1 amide bonds. The van der Waals surface area contributed by atoms with Crippen molar-refractivity contribution in [1.29, 1.82) is 0 Å². The Morgan fingerprint density at radius 3 is 2.87 bits per heavy atom. The number of carbonyl (C=O) groups is 1. The van der Waals surface area contributed by atoms with Crippen molar-refractivity contribution in [2.75, 3.05) is 19.6 Å². The van der Waals surface area contributed by atoms with Gasteiger partial charge in [-0.15, -0.1) is 0 Å². The number of aromatic nitrogens is 3. The van der Waals surface area contributed by atoms with Gasteiger partial charge in [-0.2, -0.15) is 11.3 Å². The SMILES string of the molecule is CC(C)n1cnc(C2CN(Cc3ccsc3)CC23CCN(Cc2cccnc2)C3=O)c1. The second-order valence-corrected chi connectivity index (χ2v) is 9.97. The summed E-state index contributed by atoms with van der Waals surface area (Å²) in [5, 5.41) is 4.33. The van der Waals surface area contributed by atoms with Crippen LogP contribution in [0.2, 0.25) is 0 Å². The van der Waals surface area contributed by atoms with E-state index in [0.717, 1.165) is 43.9 Å². The largest absolute Gasteiger partial charge is 0.338 e. The predicted octanol–water partition coefficient (Wildman–Crippen LogP) is 3.94. The van der Waals surface area contributed by atoms with Crippen LogP contribution in [0.1, 0.15) is 49.0 Å². The third kappa shape index (κ3) is 3.81. The first-order valence-corrected chi connectivity index (χ1v) is 11.9. The summed E-state index contributed by atoms with van der Waals surface area (Å²) in [6, 6.07) is 6.53. The number of amides is 1. The second kappa shape index (κ2) is 8.20. The summed E-state index contributed by atoms with van der Waals surface area (Å²) in [5.74, 6) is 0.394. The summed E-state index contributed by atoms with van der Waals surface area (Å²) >= 11 is 1.73. The number of likely N-dealkylation sites (tertiary alicyclic amines) is 2. The van der Waals surface area contributed by atoms with Gasteiger partial charge in [-0.25, -0.2) is 4.98 Å². The Morgan fingerprint density at radius 1 is 1.26 bits per heavy atom. The van der Waals surface area contributed by atoms with Crippen LogP contribution in [0, 0.1) is 5.41 Å². The van der Waals surface area contributed by atoms with Gasteiger partial charge in [0.1, 0.15) is 0 Å². The van der Waals surface area contributed by atoms with Crippen LogP contribution in [0.25, 0.3) is 0 Å². The topological polar surface area (TPSA) is 54.3 Å². The number of nitrogens with zero attached hydrogens (tertiary/aromatic N) is 5. The van der Waals surface area contributed by atoms with Crippen molar-refractivity contribution < 1.29 is 4.79 Å². The lowest BCUT2D eigenvalue weighted by molar-refractivity contribution is -0.136. The maximum absolute atomic E-state index is 13.9.